The number of nitrogens with one attached hydrogen (secondary N) is 2. The Morgan fingerprint density at radius 1 is 1.12 bits per heavy atom. The molecule has 0 bridgehead atoms. The Kier molecular flexibility index (Phi) is 4.27. The lowest BCUT2D eigenvalue weighted by Crippen LogP contribution is -2.47. The van der Waals surface area contributed by atoms with Gasteiger partial charge in [-0.05, 0) is 54.3 Å². The number of fused-ring (bicyclic) bond motifs is 2. The Morgan fingerprint density at radius 3 is 2.59 bits per heavy atom. The maximum Gasteiger partial charge on any atom is 0.420 e. The van der Waals surface area contributed by atoms with Crippen molar-refractivity contribution in [3.63, 3.8) is 0 Å². The molecule has 1 aromatic heterocycles. The molecule has 1 unspecified atom stereocenters. The van der Waals surface area contributed by atoms with Crippen molar-refractivity contribution in [3.8, 4) is 0 Å². The predicted molar refractivity (Wildman–Crippen MR) is 117 cm³/mol. The van der Waals surface area contributed by atoms with Crippen LogP contribution in [-0.2, 0) is 29.0 Å². The Morgan fingerprint density at radius 2 is 1.88 bits per heavy atom. The molecule has 1 atom stereocenters. The third-order valence-electron chi connectivity index (χ3n) is 6.34. The van der Waals surface area contributed by atoms with Gasteiger partial charge in [-0.1, -0.05) is 12.1 Å². The zero-order valence-corrected chi connectivity index (χ0v) is 17.9. The van der Waals surface area contributed by atoms with E-state index in [-0.39, 0.29) is 18.4 Å². The van der Waals surface area contributed by atoms with Crippen LogP contribution in [0.25, 0.3) is 11.1 Å². The lowest BCUT2D eigenvalue weighted by molar-refractivity contribution is -0.123. The van der Waals surface area contributed by atoms with Crippen molar-refractivity contribution < 1.29 is 18.8 Å². The van der Waals surface area contributed by atoms with Crippen molar-refractivity contribution in [2.75, 3.05) is 11.9 Å². The number of aromatic nitrogens is 1. The molecular formula is C23H22N4O5. The molecule has 5 rings (SSSR count). The number of benzene rings is 2. The summed E-state index contributed by atoms with van der Waals surface area (Å²) in [4.78, 5) is 50.8. The Labute approximate surface area is 183 Å². The summed E-state index contributed by atoms with van der Waals surface area (Å²) >= 11 is 0. The molecule has 2 heterocycles. The Balaban J connectivity index is 1.40. The first-order chi connectivity index (χ1) is 15.2. The molecule has 1 saturated heterocycles. The van der Waals surface area contributed by atoms with E-state index in [0.29, 0.717) is 29.6 Å². The van der Waals surface area contributed by atoms with E-state index < -0.39 is 17.3 Å². The van der Waals surface area contributed by atoms with Gasteiger partial charge in [0, 0.05) is 25.6 Å². The molecule has 0 radical (unpaired) electrons. The van der Waals surface area contributed by atoms with Gasteiger partial charge in [0.1, 0.15) is 12.1 Å². The van der Waals surface area contributed by atoms with Gasteiger partial charge in [-0.15, -0.1) is 0 Å². The summed E-state index contributed by atoms with van der Waals surface area (Å²) in [5.74, 6) is -1.19. The van der Waals surface area contributed by atoms with E-state index in [1.165, 1.54) is 9.47 Å². The van der Waals surface area contributed by atoms with Crippen molar-refractivity contribution >= 4 is 34.6 Å². The highest BCUT2D eigenvalue weighted by molar-refractivity contribution is 6.08. The van der Waals surface area contributed by atoms with Crippen molar-refractivity contribution in [2.24, 2.45) is 0 Å². The molecule has 1 aliphatic carbocycles. The molecule has 1 spiro atoms. The van der Waals surface area contributed by atoms with Crippen LogP contribution >= 0.6 is 0 Å². The van der Waals surface area contributed by atoms with Crippen molar-refractivity contribution in [2.45, 2.75) is 38.8 Å². The monoisotopic (exact) mass is 434 g/mol. The smallest absolute Gasteiger partial charge is 0.407 e. The van der Waals surface area contributed by atoms with Gasteiger partial charge in [0.05, 0.1) is 5.52 Å². The Bertz CT molecular complexity index is 1390. The van der Waals surface area contributed by atoms with Crippen LogP contribution in [0.2, 0.25) is 0 Å². The zero-order chi connectivity index (χ0) is 22.8. The minimum atomic E-state index is -0.959. The number of rotatable bonds is 3. The standard InChI is InChI=1S/C23H22N4O5/c1-12-6-13(2)19-17(7-12)27(22(31)32-19)11-18(28)26(3)16-5-4-14-9-23(10-15(14)8-16)20(29)24-21(30)25-23/h4-8H,9-11H2,1-3H3,(H2,24,25,29,30). The first kappa shape index (κ1) is 20.0. The molecule has 0 saturated carbocycles. The summed E-state index contributed by atoms with van der Waals surface area (Å²) in [5, 5.41) is 5.03. The van der Waals surface area contributed by atoms with E-state index in [4.69, 9.17) is 4.42 Å². The summed E-state index contributed by atoms with van der Waals surface area (Å²) < 4.78 is 6.71. The number of amides is 4. The maximum atomic E-state index is 13.0. The van der Waals surface area contributed by atoms with Crippen molar-refractivity contribution in [1.82, 2.24) is 15.2 Å². The minimum absolute atomic E-state index is 0.162. The number of likely N-dealkylation sites (N-methyl/N-ethyl adjacent to an activating group) is 1. The van der Waals surface area contributed by atoms with E-state index in [1.807, 2.05) is 38.1 Å². The number of nitrogens with zero attached hydrogens (tertiary/aromatic N) is 2. The van der Waals surface area contributed by atoms with Crippen LogP contribution in [0.5, 0.6) is 0 Å². The van der Waals surface area contributed by atoms with Gasteiger partial charge >= 0.3 is 11.8 Å². The number of hydrogen-bond donors (Lipinski definition) is 2. The second-order valence-electron chi connectivity index (χ2n) is 8.63. The fourth-order valence-corrected chi connectivity index (χ4v) is 4.69. The van der Waals surface area contributed by atoms with E-state index >= 15 is 0 Å². The van der Waals surface area contributed by atoms with Crippen molar-refractivity contribution in [1.29, 1.82) is 0 Å². The molecule has 1 fully saturated rings. The molecule has 164 valence electrons. The van der Waals surface area contributed by atoms with Gasteiger partial charge in [-0.25, -0.2) is 9.59 Å². The highest BCUT2D eigenvalue weighted by Crippen LogP contribution is 2.34. The highest BCUT2D eigenvalue weighted by atomic mass is 16.4. The number of oxazole rings is 1. The maximum absolute atomic E-state index is 13.0. The first-order valence-electron chi connectivity index (χ1n) is 10.3. The average Bonchev–Trinajstić information content (AvgIpc) is 3.34. The molecule has 3 aromatic rings. The third-order valence-corrected chi connectivity index (χ3v) is 6.34. The lowest BCUT2D eigenvalue weighted by atomic mass is 9.96. The van der Waals surface area contributed by atoms with Gasteiger partial charge in [0.2, 0.25) is 5.91 Å². The van der Waals surface area contributed by atoms with Gasteiger partial charge in [0.15, 0.2) is 5.58 Å². The summed E-state index contributed by atoms with van der Waals surface area (Å²) in [7, 11) is 1.64. The molecule has 1 aliphatic heterocycles. The summed E-state index contributed by atoms with van der Waals surface area (Å²) in [6.45, 7) is 3.62. The molecule has 4 amide bonds. The molecule has 9 nitrogen and oxygen atoms in total. The summed E-state index contributed by atoms with van der Waals surface area (Å²) in [5.41, 5.74) is 4.42. The van der Waals surface area contributed by atoms with Gasteiger partial charge in [-0.3, -0.25) is 19.5 Å². The predicted octanol–water partition coefficient (Wildman–Crippen LogP) is 1.55. The van der Waals surface area contributed by atoms with Gasteiger partial charge in [0.25, 0.3) is 5.91 Å². The SMILES string of the molecule is Cc1cc(C)c2oc(=O)n(CC(=O)N(C)c3ccc4c(c3)CC3(C4)NC(=O)NC3=O)c2c1. The summed E-state index contributed by atoms with van der Waals surface area (Å²) in [6, 6.07) is 8.79. The second-order valence-corrected chi connectivity index (χ2v) is 8.63. The second kappa shape index (κ2) is 6.81. The number of hydrogen-bond acceptors (Lipinski definition) is 5. The highest BCUT2D eigenvalue weighted by Gasteiger charge is 2.50. The van der Waals surface area contributed by atoms with E-state index in [1.54, 1.807) is 13.1 Å². The van der Waals surface area contributed by atoms with Crippen LogP contribution in [0, 0.1) is 13.8 Å². The Hall–Kier alpha value is -3.88. The zero-order valence-electron chi connectivity index (χ0n) is 17.9. The fourth-order valence-electron chi connectivity index (χ4n) is 4.69. The fraction of sp³-hybridized carbons (Fsp3) is 0.304. The molecular weight excluding hydrogens is 412 g/mol. The summed E-state index contributed by atoms with van der Waals surface area (Å²) in [6.07, 6.45) is 0.771. The third kappa shape index (κ3) is 3.00. The minimum Gasteiger partial charge on any atom is -0.407 e. The average molecular weight is 434 g/mol. The van der Waals surface area contributed by atoms with Gasteiger partial charge in [-0.2, -0.15) is 0 Å². The first-order valence-corrected chi connectivity index (χ1v) is 10.3. The van der Waals surface area contributed by atoms with E-state index in [9.17, 15) is 19.2 Å². The molecule has 9 heteroatoms. The molecule has 32 heavy (non-hydrogen) atoms. The largest absolute Gasteiger partial charge is 0.420 e. The number of urea groups is 1. The topological polar surface area (TPSA) is 114 Å². The van der Waals surface area contributed by atoms with E-state index in [0.717, 1.165) is 22.3 Å². The van der Waals surface area contributed by atoms with Crippen molar-refractivity contribution in [3.05, 3.63) is 63.1 Å². The quantitative estimate of drug-likeness (QED) is 0.608. The number of aryl methyl sites for hydroxylation is 2. The molecule has 2 N–H and O–H groups in total. The number of anilines is 1. The normalized spacial score (nSPS) is 19.3. The number of carbonyl (C=O) groups is 3. The van der Waals surface area contributed by atoms with Crippen LogP contribution in [0.4, 0.5) is 10.5 Å². The molecule has 2 aliphatic rings. The van der Waals surface area contributed by atoms with Gasteiger partial charge < -0.3 is 14.6 Å². The molecule has 2 aromatic carbocycles. The van der Waals surface area contributed by atoms with Crippen LogP contribution < -0.4 is 21.3 Å². The van der Waals surface area contributed by atoms with Crippen LogP contribution in [0.15, 0.2) is 39.5 Å². The van der Waals surface area contributed by atoms with Crippen LogP contribution in [0.1, 0.15) is 22.3 Å². The van der Waals surface area contributed by atoms with Crippen LogP contribution in [0.3, 0.4) is 0 Å². The lowest BCUT2D eigenvalue weighted by Gasteiger charge is -2.19. The number of carbonyl (C=O) groups excluding carboxylic acids is 3. The number of imide groups is 1. The van der Waals surface area contributed by atoms with Crippen LogP contribution in [-0.4, -0.2) is 35.0 Å². The van der Waals surface area contributed by atoms with E-state index in [2.05, 4.69) is 10.6 Å².